The predicted molar refractivity (Wildman–Crippen MR) is 78.2 cm³/mol. The second kappa shape index (κ2) is 5.80. The molecule has 0 aliphatic carbocycles. The third kappa shape index (κ3) is 3.19. The minimum Gasteiger partial charge on any atom is -0.313 e. The summed E-state index contributed by atoms with van der Waals surface area (Å²) in [5.74, 6) is -0.188. The summed E-state index contributed by atoms with van der Waals surface area (Å²) >= 11 is 1.72. The molecule has 0 spiro atoms. The molecule has 1 heterocycles. The lowest BCUT2D eigenvalue weighted by Gasteiger charge is -2.17. The Balaban J connectivity index is 2.27. The summed E-state index contributed by atoms with van der Waals surface area (Å²) in [6.07, 6.45) is 0.792. The molecule has 1 aromatic carbocycles. The summed E-state index contributed by atoms with van der Waals surface area (Å²) in [4.78, 5) is 5.81. The van der Waals surface area contributed by atoms with Crippen LogP contribution in [0, 0.1) is 26.6 Å². The number of hydrogen-bond acceptors (Lipinski definition) is 3. The molecule has 4 heteroatoms. The molecule has 0 fully saturated rings. The molecule has 2 nitrogen and oxygen atoms in total. The molecule has 1 atom stereocenters. The van der Waals surface area contributed by atoms with E-state index in [1.165, 1.54) is 10.9 Å². The van der Waals surface area contributed by atoms with Crippen molar-refractivity contribution < 1.29 is 4.39 Å². The van der Waals surface area contributed by atoms with Crippen molar-refractivity contribution in [1.82, 2.24) is 10.3 Å². The van der Waals surface area contributed by atoms with Gasteiger partial charge in [0, 0.05) is 17.3 Å². The summed E-state index contributed by atoms with van der Waals surface area (Å²) < 4.78 is 13.4. The molecule has 102 valence electrons. The molecule has 0 saturated carbocycles. The van der Waals surface area contributed by atoms with E-state index >= 15 is 0 Å². The van der Waals surface area contributed by atoms with Crippen LogP contribution in [0.25, 0.3) is 0 Å². The van der Waals surface area contributed by atoms with Gasteiger partial charge >= 0.3 is 0 Å². The first kappa shape index (κ1) is 14.2. The van der Waals surface area contributed by atoms with Gasteiger partial charge in [-0.3, -0.25) is 0 Å². The van der Waals surface area contributed by atoms with Crippen LogP contribution in [0.1, 0.15) is 32.7 Å². The fourth-order valence-electron chi connectivity index (χ4n) is 2.16. The van der Waals surface area contributed by atoms with Gasteiger partial charge in [-0.05, 0) is 51.1 Å². The second-order valence-electron chi connectivity index (χ2n) is 4.80. The van der Waals surface area contributed by atoms with E-state index in [4.69, 9.17) is 0 Å². The van der Waals surface area contributed by atoms with Crippen molar-refractivity contribution in [3.63, 3.8) is 0 Å². The highest BCUT2D eigenvalue weighted by atomic mass is 32.1. The summed E-state index contributed by atoms with van der Waals surface area (Å²) in [5, 5.41) is 4.36. The van der Waals surface area contributed by atoms with E-state index in [1.54, 1.807) is 17.4 Å². The molecule has 2 aromatic rings. The summed E-state index contributed by atoms with van der Waals surface area (Å²) in [7, 11) is 1.91. The lowest BCUT2D eigenvalue weighted by molar-refractivity contribution is 0.572. The van der Waals surface area contributed by atoms with Crippen LogP contribution in [0.4, 0.5) is 4.39 Å². The van der Waals surface area contributed by atoms with Crippen LogP contribution in [0.5, 0.6) is 0 Å². The smallest absolute Gasteiger partial charge is 0.123 e. The highest BCUT2D eigenvalue weighted by Crippen LogP contribution is 2.25. The van der Waals surface area contributed by atoms with Crippen LogP contribution in [-0.4, -0.2) is 12.0 Å². The van der Waals surface area contributed by atoms with E-state index in [9.17, 15) is 4.39 Å². The number of aromatic nitrogens is 1. The molecular weight excluding hydrogens is 259 g/mol. The Hall–Kier alpha value is -1.26. The minimum absolute atomic E-state index is 0.0978. The summed E-state index contributed by atoms with van der Waals surface area (Å²) in [6, 6.07) is 5.04. The Labute approximate surface area is 117 Å². The van der Waals surface area contributed by atoms with Gasteiger partial charge in [-0.2, -0.15) is 0 Å². The van der Waals surface area contributed by atoms with Crippen molar-refractivity contribution in [1.29, 1.82) is 0 Å². The van der Waals surface area contributed by atoms with Gasteiger partial charge in [0.05, 0.1) is 10.7 Å². The van der Waals surface area contributed by atoms with Gasteiger partial charge in [0.25, 0.3) is 0 Å². The molecule has 0 bridgehead atoms. The SMILES string of the molecule is CNC(Cc1nc(C)c(C)s1)c1cc(F)ccc1C. The molecule has 0 radical (unpaired) electrons. The van der Waals surface area contributed by atoms with E-state index in [0.29, 0.717) is 0 Å². The molecule has 2 rings (SSSR count). The minimum atomic E-state index is -0.188. The number of likely N-dealkylation sites (N-methyl/N-ethyl adjacent to an activating group) is 1. The van der Waals surface area contributed by atoms with Crippen LogP contribution in [0.15, 0.2) is 18.2 Å². The average Bonchev–Trinajstić information content (AvgIpc) is 2.69. The Morgan fingerprint density at radius 1 is 1.32 bits per heavy atom. The predicted octanol–water partition coefficient (Wildman–Crippen LogP) is 3.71. The van der Waals surface area contributed by atoms with E-state index in [-0.39, 0.29) is 11.9 Å². The Bertz CT molecular complexity index is 558. The van der Waals surface area contributed by atoms with Crippen molar-refractivity contribution in [2.75, 3.05) is 7.05 Å². The van der Waals surface area contributed by atoms with E-state index in [1.807, 2.05) is 27.0 Å². The fraction of sp³-hybridized carbons (Fsp3) is 0.400. The number of halogens is 1. The Kier molecular flexibility index (Phi) is 4.32. The van der Waals surface area contributed by atoms with Crippen molar-refractivity contribution in [2.45, 2.75) is 33.2 Å². The van der Waals surface area contributed by atoms with E-state index in [2.05, 4.69) is 17.2 Å². The topological polar surface area (TPSA) is 24.9 Å². The Morgan fingerprint density at radius 3 is 2.63 bits per heavy atom. The van der Waals surface area contributed by atoms with Crippen LogP contribution >= 0.6 is 11.3 Å². The van der Waals surface area contributed by atoms with Crippen molar-refractivity contribution in [3.8, 4) is 0 Å². The molecular formula is C15H19FN2S. The lowest BCUT2D eigenvalue weighted by atomic mass is 9.99. The number of thiazole rings is 1. The maximum absolute atomic E-state index is 13.4. The summed E-state index contributed by atoms with van der Waals surface area (Å²) in [6.45, 7) is 6.12. The van der Waals surface area contributed by atoms with Crippen molar-refractivity contribution in [3.05, 3.63) is 50.7 Å². The zero-order chi connectivity index (χ0) is 14.0. The maximum atomic E-state index is 13.4. The fourth-order valence-corrected chi connectivity index (χ4v) is 3.13. The van der Waals surface area contributed by atoms with Crippen LogP contribution in [0.3, 0.4) is 0 Å². The zero-order valence-corrected chi connectivity index (χ0v) is 12.6. The van der Waals surface area contributed by atoms with Gasteiger partial charge in [0.15, 0.2) is 0 Å². The molecule has 19 heavy (non-hydrogen) atoms. The third-order valence-electron chi connectivity index (χ3n) is 3.42. The van der Waals surface area contributed by atoms with Crippen LogP contribution in [-0.2, 0) is 6.42 Å². The van der Waals surface area contributed by atoms with Crippen molar-refractivity contribution in [2.24, 2.45) is 0 Å². The van der Waals surface area contributed by atoms with Crippen LogP contribution in [0.2, 0.25) is 0 Å². The average molecular weight is 278 g/mol. The molecule has 0 amide bonds. The largest absolute Gasteiger partial charge is 0.313 e. The van der Waals surface area contributed by atoms with Gasteiger partial charge in [-0.25, -0.2) is 9.37 Å². The third-order valence-corrected chi connectivity index (χ3v) is 4.51. The van der Waals surface area contributed by atoms with Crippen LogP contribution < -0.4 is 5.32 Å². The monoisotopic (exact) mass is 278 g/mol. The molecule has 1 unspecified atom stereocenters. The molecule has 1 N–H and O–H groups in total. The van der Waals surface area contributed by atoms with Gasteiger partial charge in [0.1, 0.15) is 5.82 Å². The number of benzene rings is 1. The first-order chi connectivity index (χ1) is 9.01. The number of rotatable bonds is 4. The molecule has 1 aromatic heterocycles. The summed E-state index contributed by atoms with van der Waals surface area (Å²) in [5.41, 5.74) is 3.20. The number of hydrogen-bond donors (Lipinski definition) is 1. The molecule has 0 saturated heterocycles. The van der Waals surface area contributed by atoms with Gasteiger partial charge < -0.3 is 5.32 Å². The Morgan fingerprint density at radius 2 is 2.05 bits per heavy atom. The molecule has 0 aliphatic rings. The standard InChI is InChI=1S/C15H19FN2S/c1-9-5-6-12(16)7-13(9)14(17-4)8-15-18-10(2)11(3)19-15/h5-7,14,17H,8H2,1-4H3. The highest BCUT2D eigenvalue weighted by molar-refractivity contribution is 7.11. The normalized spacial score (nSPS) is 12.7. The van der Waals surface area contributed by atoms with Gasteiger partial charge in [-0.15, -0.1) is 11.3 Å². The second-order valence-corrected chi connectivity index (χ2v) is 6.08. The number of nitrogens with one attached hydrogen (secondary N) is 1. The first-order valence-corrected chi connectivity index (χ1v) is 7.19. The maximum Gasteiger partial charge on any atom is 0.123 e. The number of nitrogens with zero attached hydrogens (tertiary/aromatic N) is 1. The zero-order valence-electron chi connectivity index (χ0n) is 11.7. The number of aryl methyl sites for hydroxylation is 3. The van der Waals surface area contributed by atoms with E-state index in [0.717, 1.165) is 28.2 Å². The van der Waals surface area contributed by atoms with Gasteiger partial charge in [-0.1, -0.05) is 6.07 Å². The quantitative estimate of drug-likeness (QED) is 0.922. The van der Waals surface area contributed by atoms with Gasteiger partial charge in [0.2, 0.25) is 0 Å². The lowest BCUT2D eigenvalue weighted by Crippen LogP contribution is -2.20. The first-order valence-electron chi connectivity index (χ1n) is 6.37. The van der Waals surface area contributed by atoms with E-state index < -0.39 is 0 Å². The van der Waals surface area contributed by atoms with Crippen molar-refractivity contribution >= 4 is 11.3 Å². The molecule has 0 aliphatic heterocycles. The highest BCUT2D eigenvalue weighted by Gasteiger charge is 2.16.